The maximum atomic E-state index is 5.42. The molecule has 2 aromatic rings. The van der Waals surface area contributed by atoms with Gasteiger partial charge in [-0.3, -0.25) is 0 Å². The number of nitrogens with two attached hydrogens (primary N) is 1. The van der Waals surface area contributed by atoms with Gasteiger partial charge in [0.2, 0.25) is 0 Å². The van der Waals surface area contributed by atoms with Crippen LogP contribution < -0.4 is 5.73 Å². The maximum absolute atomic E-state index is 5.42. The Morgan fingerprint density at radius 1 is 1.31 bits per heavy atom. The van der Waals surface area contributed by atoms with Gasteiger partial charge in [-0.15, -0.1) is 0 Å². The van der Waals surface area contributed by atoms with E-state index in [0.717, 1.165) is 11.1 Å². The zero-order chi connectivity index (χ0) is 9.10. The van der Waals surface area contributed by atoms with Crippen molar-refractivity contribution in [1.29, 1.82) is 0 Å². The summed E-state index contributed by atoms with van der Waals surface area (Å²) in [5.41, 5.74) is 7.22. The van der Waals surface area contributed by atoms with E-state index in [9.17, 15) is 0 Å². The molecule has 0 aliphatic heterocycles. The SMILES string of the molecule is NCc1cnc(-c2ccoc2)nc1. The Hall–Kier alpha value is -1.68. The highest BCUT2D eigenvalue weighted by Crippen LogP contribution is 2.13. The van der Waals surface area contributed by atoms with Crippen LogP contribution in [0.5, 0.6) is 0 Å². The largest absolute Gasteiger partial charge is 0.472 e. The summed E-state index contributed by atoms with van der Waals surface area (Å²) in [7, 11) is 0. The van der Waals surface area contributed by atoms with E-state index in [-0.39, 0.29) is 0 Å². The Balaban J connectivity index is 2.33. The van der Waals surface area contributed by atoms with Crippen molar-refractivity contribution in [2.24, 2.45) is 5.73 Å². The number of rotatable bonds is 2. The van der Waals surface area contributed by atoms with Crippen molar-refractivity contribution in [3.63, 3.8) is 0 Å². The summed E-state index contributed by atoms with van der Waals surface area (Å²) in [4.78, 5) is 8.28. The van der Waals surface area contributed by atoms with Crippen LogP contribution >= 0.6 is 0 Å². The number of hydrogen-bond donors (Lipinski definition) is 1. The van der Waals surface area contributed by atoms with Gasteiger partial charge in [-0.1, -0.05) is 0 Å². The maximum Gasteiger partial charge on any atom is 0.162 e. The van der Waals surface area contributed by atoms with E-state index < -0.39 is 0 Å². The smallest absolute Gasteiger partial charge is 0.162 e. The standard InChI is InChI=1S/C9H9N3O/c10-3-7-4-11-9(12-5-7)8-1-2-13-6-8/h1-2,4-6H,3,10H2. The van der Waals surface area contributed by atoms with Crippen molar-refractivity contribution in [1.82, 2.24) is 9.97 Å². The third-order valence-electron chi connectivity index (χ3n) is 1.72. The molecule has 0 atom stereocenters. The van der Waals surface area contributed by atoms with Crippen LogP contribution in [0, 0.1) is 0 Å². The quantitative estimate of drug-likeness (QED) is 0.744. The first kappa shape index (κ1) is 7.94. The van der Waals surface area contributed by atoms with Crippen molar-refractivity contribution in [2.45, 2.75) is 6.54 Å². The first-order valence-corrected chi connectivity index (χ1v) is 3.93. The zero-order valence-electron chi connectivity index (χ0n) is 6.97. The molecule has 2 heterocycles. The van der Waals surface area contributed by atoms with Gasteiger partial charge in [-0.25, -0.2) is 9.97 Å². The van der Waals surface area contributed by atoms with E-state index in [1.54, 1.807) is 24.9 Å². The lowest BCUT2D eigenvalue weighted by Gasteiger charge is -1.96. The van der Waals surface area contributed by atoms with E-state index in [1.165, 1.54) is 0 Å². The number of furan rings is 1. The van der Waals surface area contributed by atoms with Gasteiger partial charge in [0.15, 0.2) is 5.82 Å². The Morgan fingerprint density at radius 2 is 2.08 bits per heavy atom. The van der Waals surface area contributed by atoms with E-state index in [1.807, 2.05) is 6.07 Å². The minimum atomic E-state index is 0.464. The average molecular weight is 175 g/mol. The fraction of sp³-hybridized carbons (Fsp3) is 0.111. The second kappa shape index (κ2) is 3.37. The van der Waals surface area contributed by atoms with Crippen LogP contribution in [0.15, 0.2) is 35.4 Å². The second-order valence-corrected chi connectivity index (χ2v) is 2.63. The molecule has 0 saturated carbocycles. The van der Waals surface area contributed by atoms with Gasteiger partial charge in [0, 0.05) is 24.5 Å². The van der Waals surface area contributed by atoms with E-state index in [4.69, 9.17) is 10.2 Å². The van der Waals surface area contributed by atoms with Crippen LogP contribution in [0.1, 0.15) is 5.56 Å². The highest BCUT2D eigenvalue weighted by atomic mass is 16.3. The van der Waals surface area contributed by atoms with Gasteiger partial charge < -0.3 is 10.2 Å². The summed E-state index contributed by atoms with van der Waals surface area (Å²) in [6, 6.07) is 1.82. The zero-order valence-corrected chi connectivity index (χ0v) is 6.97. The molecule has 0 aliphatic carbocycles. The second-order valence-electron chi connectivity index (χ2n) is 2.63. The van der Waals surface area contributed by atoms with Gasteiger partial charge in [0.1, 0.15) is 6.26 Å². The van der Waals surface area contributed by atoms with Crippen molar-refractivity contribution in [3.8, 4) is 11.4 Å². The lowest BCUT2D eigenvalue weighted by Crippen LogP contribution is -1.98. The molecule has 0 spiro atoms. The molecule has 13 heavy (non-hydrogen) atoms. The van der Waals surface area contributed by atoms with Crippen molar-refractivity contribution >= 4 is 0 Å². The van der Waals surface area contributed by atoms with Crippen LogP contribution in [0.25, 0.3) is 11.4 Å². The highest BCUT2D eigenvalue weighted by Gasteiger charge is 2.01. The fourth-order valence-corrected chi connectivity index (χ4v) is 1.00. The number of hydrogen-bond acceptors (Lipinski definition) is 4. The Labute approximate surface area is 75.4 Å². The molecular formula is C9H9N3O. The first-order valence-electron chi connectivity index (χ1n) is 3.93. The lowest BCUT2D eigenvalue weighted by molar-refractivity contribution is 0.568. The highest BCUT2D eigenvalue weighted by molar-refractivity contribution is 5.51. The van der Waals surface area contributed by atoms with Crippen LogP contribution in [0.3, 0.4) is 0 Å². The van der Waals surface area contributed by atoms with Gasteiger partial charge >= 0.3 is 0 Å². The Kier molecular flexibility index (Phi) is 2.06. The Morgan fingerprint density at radius 3 is 2.62 bits per heavy atom. The molecule has 0 amide bonds. The summed E-state index contributed by atoms with van der Waals surface area (Å²) in [6.07, 6.45) is 6.64. The normalized spacial score (nSPS) is 10.2. The molecule has 0 aliphatic rings. The predicted octanol–water partition coefficient (Wildman–Crippen LogP) is 1.20. The van der Waals surface area contributed by atoms with Crippen molar-refractivity contribution in [3.05, 3.63) is 36.5 Å². The summed E-state index contributed by atoms with van der Waals surface area (Å²) < 4.78 is 4.92. The first-order chi connectivity index (χ1) is 6.40. The summed E-state index contributed by atoms with van der Waals surface area (Å²) in [5.74, 6) is 0.658. The molecule has 0 radical (unpaired) electrons. The van der Waals surface area contributed by atoms with Crippen molar-refractivity contribution in [2.75, 3.05) is 0 Å². The summed E-state index contributed by atoms with van der Waals surface area (Å²) in [6.45, 7) is 0.464. The molecule has 4 nitrogen and oxygen atoms in total. The molecule has 0 fully saturated rings. The Bertz CT molecular complexity index is 366. The monoisotopic (exact) mass is 175 g/mol. The minimum Gasteiger partial charge on any atom is -0.472 e. The molecular weight excluding hydrogens is 166 g/mol. The lowest BCUT2D eigenvalue weighted by atomic mass is 10.3. The molecule has 0 saturated heterocycles. The molecule has 0 aromatic carbocycles. The third-order valence-corrected chi connectivity index (χ3v) is 1.72. The fourth-order valence-electron chi connectivity index (χ4n) is 1.00. The van der Waals surface area contributed by atoms with Gasteiger partial charge in [-0.2, -0.15) is 0 Å². The molecule has 2 rings (SSSR count). The van der Waals surface area contributed by atoms with Crippen LogP contribution in [-0.2, 0) is 6.54 Å². The summed E-state index contributed by atoms with van der Waals surface area (Å²) in [5, 5.41) is 0. The topological polar surface area (TPSA) is 64.9 Å². The van der Waals surface area contributed by atoms with Gasteiger partial charge in [0.25, 0.3) is 0 Å². The number of nitrogens with zero attached hydrogens (tertiary/aromatic N) is 2. The van der Waals surface area contributed by atoms with E-state index in [0.29, 0.717) is 12.4 Å². The van der Waals surface area contributed by atoms with E-state index >= 15 is 0 Å². The van der Waals surface area contributed by atoms with Crippen LogP contribution in [0.4, 0.5) is 0 Å². The minimum absolute atomic E-state index is 0.464. The van der Waals surface area contributed by atoms with Gasteiger partial charge in [-0.05, 0) is 6.07 Å². The number of aromatic nitrogens is 2. The van der Waals surface area contributed by atoms with Gasteiger partial charge in [0.05, 0.1) is 11.8 Å². The molecule has 2 aromatic heterocycles. The molecule has 66 valence electrons. The van der Waals surface area contributed by atoms with Crippen molar-refractivity contribution < 1.29 is 4.42 Å². The summed E-state index contributed by atoms with van der Waals surface area (Å²) >= 11 is 0. The average Bonchev–Trinajstić information content (AvgIpc) is 2.71. The molecule has 0 bridgehead atoms. The molecule has 0 unspecified atom stereocenters. The molecule has 2 N–H and O–H groups in total. The van der Waals surface area contributed by atoms with Crippen LogP contribution in [-0.4, -0.2) is 9.97 Å². The third kappa shape index (κ3) is 1.57. The predicted molar refractivity (Wildman–Crippen MR) is 47.6 cm³/mol. The molecule has 4 heteroatoms. The van der Waals surface area contributed by atoms with Crippen LogP contribution in [0.2, 0.25) is 0 Å². The van der Waals surface area contributed by atoms with E-state index in [2.05, 4.69) is 9.97 Å².